The Kier molecular flexibility index (Phi) is 5.39. The van der Waals surface area contributed by atoms with Crippen LogP contribution in [0.5, 0.6) is 0 Å². The van der Waals surface area contributed by atoms with Gasteiger partial charge in [0.15, 0.2) is 0 Å². The van der Waals surface area contributed by atoms with Crippen molar-refractivity contribution in [1.29, 1.82) is 0 Å². The number of esters is 1. The van der Waals surface area contributed by atoms with Crippen molar-refractivity contribution in [1.82, 2.24) is 0 Å². The van der Waals surface area contributed by atoms with Crippen LogP contribution in [0, 0.1) is 0 Å². The summed E-state index contributed by atoms with van der Waals surface area (Å²) >= 11 is 0. The molecule has 4 rings (SSSR count). The summed E-state index contributed by atoms with van der Waals surface area (Å²) in [5.74, 6) is -0.763. The third-order valence-corrected chi connectivity index (χ3v) is 4.45. The summed E-state index contributed by atoms with van der Waals surface area (Å²) < 4.78 is 10.6. The van der Waals surface area contributed by atoms with Gasteiger partial charge in [0.2, 0.25) is 5.55 Å². The minimum absolute atomic E-state index is 0.174. The zero-order valence-corrected chi connectivity index (χ0v) is 16.2. The van der Waals surface area contributed by atoms with E-state index in [0.717, 1.165) is 5.39 Å². The lowest BCUT2D eigenvalue weighted by molar-refractivity contribution is 0.0600. The van der Waals surface area contributed by atoms with Gasteiger partial charge in [-0.25, -0.2) is 9.79 Å². The number of hydrogen-bond acceptors (Lipinski definition) is 5. The first kappa shape index (κ1) is 19.1. The molecule has 0 fully saturated rings. The molecule has 6 nitrogen and oxygen atoms in total. The fourth-order valence-electron chi connectivity index (χ4n) is 2.94. The first-order valence-corrected chi connectivity index (χ1v) is 9.26. The maximum absolute atomic E-state index is 13.0. The van der Waals surface area contributed by atoms with Crippen LogP contribution in [0.25, 0.3) is 11.0 Å². The number of methoxy groups -OCH3 is 1. The van der Waals surface area contributed by atoms with E-state index in [1.807, 2.05) is 42.5 Å². The highest BCUT2D eigenvalue weighted by Crippen LogP contribution is 2.17. The van der Waals surface area contributed by atoms with Crippen molar-refractivity contribution in [2.24, 2.45) is 4.99 Å². The van der Waals surface area contributed by atoms with Gasteiger partial charge in [-0.2, -0.15) is 0 Å². The molecule has 0 bridgehead atoms. The number of hydrogen-bond donors (Lipinski definition) is 1. The van der Waals surface area contributed by atoms with Gasteiger partial charge in [0, 0.05) is 11.1 Å². The van der Waals surface area contributed by atoms with Crippen LogP contribution in [-0.2, 0) is 4.74 Å². The van der Waals surface area contributed by atoms with Gasteiger partial charge in [-0.1, -0.05) is 36.4 Å². The predicted octanol–water partition coefficient (Wildman–Crippen LogP) is 4.70. The second-order valence-electron chi connectivity index (χ2n) is 6.47. The van der Waals surface area contributed by atoms with E-state index in [1.165, 1.54) is 7.11 Å². The topological polar surface area (TPSA) is 80.9 Å². The van der Waals surface area contributed by atoms with E-state index in [1.54, 1.807) is 42.5 Å². The largest absolute Gasteiger partial charge is 0.465 e. The van der Waals surface area contributed by atoms with E-state index >= 15 is 0 Å². The van der Waals surface area contributed by atoms with Crippen molar-refractivity contribution in [2.75, 3.05) is 12.4 Å². The average Bonchev–Trinajstić information content (AvgIpc) is 2.79. The molecule has 4 aromatic rings. The Morgan fingerprint density at radius 1 is 0.900 bits per heavy atom. The van der Waals surface area contributed by atoms with Gasteiger partial charge < -0.3 is 14.5 Å². The van der Waals surface area contributed by atoms with Gasteiger partial charge in [-0.05, 0) is 48.5 Å². The van der Waals surface area contributed by atoms with E-state index in [0.29, 0.717) is 28.1 Å². The number of ether oxygens (including phenoxy) is 1. The Bertz CT molecular complexity index is 1280. The Morgan fingerprint density at radius 2 is 1.60 bits per heavy atom. The van der Waals surface area contributed by atoms with E-state index in [9.17, 15) is 9.59 Å². The number of carbonyl (C=O) groups is 2. The number of rotatable bonds is 4. The van der Waals surface area contributed by atoms with Crippen LogP contribution in [0.4, 0.5) is 11.4 Å². The van der Waals surface area contributed by atoms with Crippen molar-refractivity contribution < 1.29 is 18.7 Å². The highest BCUT2D eigenvalue weighted by atomic mass is 16.5. The molecule has 0 spiro atoms. The Balaban J connectivity index is 1.79. The molecule has 0 atom stereocenters. The number of amides is 1. The summed E-state index contributed by atoms with van der Waals surface area (Å²) in [4.78, 5) is 29.1. The van der Waals surface area contributed by atoms with Crippen LogP contribution in [0.2, 0.25) is 0 Å². The maximum Gasteiger partial charge on any atom is 0.337 e. The highest BCUT2D eigenvalue weighted by Gasteiger charge is 2.13. The monoisotopic (exact) mass is 398 g/mol. The SMILES string of the molecule is COC(=O)c1ccc(N=c2oc3ccccc3cc2C(=O)Nc2ccccc2)cc1. The van der Waals surface area contributed by atoms with Crippen molar-refractivity contribution in [3.8, 4) is 0 Å². The Labute approximate surface area is 172 Å². The normalized spacial score (nSPS) is 11.3. The van der Waals surface area contributed by atoms with Crippen LogP contribution in [-0.4, -0.2) is 19.0 Å². The molecule has 148 valence electrons. The van der Waals surface area contributed by atoms with Gasteiger partial charge in [0.05, 0.1) is 18.4 Å². The van der Waals surface area contributed by atoms with Gasteiger partial charge in [-0.3, -0.25) is 4.79 Å². The molecule has 6 heteroatoms. The molecule has 0 saturated heterocycles. The molecule has 0 radical (unpaired) electrons. The lowest BCUT2D eigenvalue weighted by Crippen LogP contribution is -2.21. The van der Waals surface area contributed by atoms with Crippen LogP contribution < -0.4 is 10.9 Å². The van der Waals surface area contributed by atoms with Crippen molar-refractivity contribution >= 4 is 34.2 Å². The molecule has 1 aromatic heterocycles. The number of benzene rings is 3. The molecular weight excluding hydrogens is 380 g/mol. The maximum atomic E-state index is 13.0. The van der Waals surface area contributed by atoms with Crippen LogP contribution in [0.3, 0.4) is 0 Å². The minimum Gasteiger partial charge on any atom is -0.465 e. The van der Waals surface area contributed by atoms with Crippen LogP contribution in [0.15, 0.2) is 94.3 Å². The van der Waals surface area contributed by atoms with E-state index < -0.39 is 5.97 Å². The minimum atomic E-state index is -0.431. The molecule has 0 aliphatic rings. The molecule has 0 unspecified atom stereocenters. The van der Waals surface area contributed by atoms with Crippen LogP contribution in [0.1, 0.15) is 20.7 Å². The molecule has 0 saturated carbocycles. The average molecular weight is 398 g/mol. The molecule has 3 aromatic carbocycles. The molecular formula is C24H18N2O4. The van der Waals surface area contributed by atoms with Gasteiger partial charge in [0.25, 0.3) is 5.91 Å². The van der Waals surface area contributed by atoms with Crippen LogP contribution >= 0.6 is 0 Å². The van der Waals surface area contributed by atoms with Crippen molar-refractivity contribution in [3.63, 3.8) is 0 Å². The number of para-hydroxylation sites is 2. The zero-order chi connectivity index (χ0) is 20.9. The molecule has 0 aliphatic heterocycles. The molecule has 30 heavy (non-hydrogen) atoms. The summed E-state index contributed by atoms with van der Waals surface area (Å²) in [6.07, 6.45) is 0. The molecule has 1 amide bonds. The van der Waals surface area contributed by atoms with Gasteiger partial charge in [0.1, 0.15) is 11.1 Å². The van der Waals surface area contributed by atoms with Crippen molar-refractivity contribution in [3.05, 3.63) is 102 Å². The van der Waals surface area contributed by atoms with Gasteiger partial charge >= 0.3 is 5.97 Å². The number of nitrogens with one attached hydrogen (secondary N) is 1. The number of fused-ring (bicyclic) bond motifs is 1. The molecule has 1 heterocycles. The van der Waals surface area contributed by atoms with E-state index in [-0.39, 0.29) is 11.5 Å². The number of anilines is 1. The second kappa shape index (κ2) is 8.45. The fraction of sp³-hybridized carbons (Fsp3) is 0.0417. The zero-order valence-electron chi connectivity index (χ0n) is 16.2. The second-order valence-corrected chi connectivity index (χ2v) is 6.47. The predicted molar refractivity (Wildman–Crippen MR) is 114 cm³/mol. The summed E-state index contributed by atoms with van der Waals surface area (Å²) in [5, 5.41) is 3.65. The Hall–Kier alpha value is -4.19. The number of carbonyl (C=O) groups excluding carboxylic acids is 2. The lowest BCUT2D eigenvalue weighted by atomic mass is 10.1. The Morgan fingerprint density at radius 3 is 2.33 bits per heavy atom. The summed E-state index contributed by atoms with van der Waals surface area (Å²) in [6, 6.07) is 24.9. The van der Waals surface area contributed by atoms with Gasteiger partial charge in [-0.15, -0.1) is 0 Å². The first-order chi connectivity index (χ1) is 14.6. The lowest BCUT2D eigenvalue weighted by Gasteiger charge is -2.07. The summed E-state index contributed by atoms with van der Waals surface area (Å²) in [6.45, 7) is 0. The standard InChI is InChI=1S/C24H18N2O4/c1-29-24(28)16-11-13-19(14-12-16)26-23-20(15-17-7-5-6-10-21(17)30-23)22(27)25-18-8-3-2-4-9-18/h2-15H,1H3,(H,25,27). The van der Waals surface area contributed by atoms with Crippen molar-refractivity contribution in [2.45, 2.75) is 0 Å². The fourth-order valence-corrected chi connectivity index (χ4v) is 2.94. The molecule has 0 aliphatic carbocycles. The smallest absolute Gasteiger partial charge is 0.337 e. The summed E-state index contributed by atoms with van der Waals surface area (Å²) in [7, 11) is 1.33. The highest BCUT2D eigenvalue weighted by molar-refractivity contribution is 6.05. The van der Waals surface area contributed by atoms with E-state index in [2.05, 4.69) is 10.3 Å². The third-order valence-electron chi connectivity index (χ3n) is 4.45. The summed E-state index contributed by atoms with van der Waals surface area (Å²) in [5.41, 5.74) is 2.70. The quantitative estimate of drug-likeness (QED) is 0.505. The number of nitrogens with zero attached hydrogens (tertiary/aromatic N) is 1. The van der Waals surface area contributed by atoms with E-state index in [4.69, 9.17) is 9.15 Å². The first-order valence-electron chi connectivity index (χ1n) is 9.26. The molecule has 1 N–H and O–H groups in total. The third kappa shape index (κ3) is 4.12.